The molecule has 0 N–H and O–H groups in total. The molecule has 0 fully saturated rings. The van der Waals surface area contributed by atoms with Gasteiger partial charge in [-0.05, 0) is 112 Å². The van der Waals surface area contributed by atoms with Crippen LogP contribution in [0.5, 0.6) is 0 Å². The van der Waals surface area contributed by atoms with Crippen molar-refractivity contribution >= 4 is 90.8 Å². The first-order valence-corrected chi connectivity index (χ1v) is 21.5. The Balaban J connectivity index is 0.991. The Morgan fingerprint density at radius 2 is 0.842 bits per heavy atom. The summed E-state index contributed by atoms with van der Waals surface area (Å²) in [6.07, 6.45) is 3.54. The lowest BCUT2D eigenvalue weighted by molar-refractivity contribution is 0.780. The van der Waals surface area contributed by atoms with Crippen LogP contribution in [0.15, 0.2) is 182 Å². The monoisotopic (exact) mass is 760 g/mol. The quantitative estimate of drug-likeness (QED) is 0.157. The van der Waals surface area contributed by atoms with Gasteiger partial charge in [0.2, 0.25) is 0 Å². The van der Waals surface area contributed by atoms with E-state index in [1.807, 2.05) is 22.7 Å². The van der Waals surface area contributed by atoms with Crippen LogP contribution < -0.4 is 0 Å². The molecule has 9 aromatic carbocycles. The van der Waals surface area contributed by atoms with E-state index >= 15 is 0 Å². The van der Waals surface area contributed by atoms with Crippen molar-refractivity contribution in [3.05, 3.63) is 198 Å². The first-order chi connectivity index (χ1) is 28.2. The molecule has 0 saturated heterocycles. The predicted molar refractivity (Wildman–Crippen MR) is 250 cm³/mol. The minimum absolute atomic E-state index is 0.480. The van der Waals surface area contributed by atoms with Crippen molar-refractivity contribution < 1.29 is 0 Å². The maximum absolute atomic E-state index is 2.49. The zero-order valence-corrected chi connectivity index (χ0v) is 33.1. The van der Waals surface area contributed by atoms with Gasteiger partial charge in [-0.1, -0.05) is 177 Å². The minimum atomic E-state index is 0.480. The molecule has 0 saturated carbocycles. The molecule has 0 nitrogen and oxygen atoms in total. The molecule has 268 valence electrons. The molecule has 1 aliphatic carbocycles. The molecule has 0 bridgehead atoms. The van der Waals surface area contributed by atoms with E-state index in [9.17, 15) is 0 Å². The third-order valence-corrected chi connectivity index (χ3v) is 14.9. The van der Waals surface area contributed by atoms with Crippen LogP contribution in [0.4, 0.5) is 0 Å². The van der Waals surface area contributed by atoms with Crippen molar-refractivity contribution in [3.8, 4) is 33.4 Å². The molecule has 11 aromatic rings. The summed E-state index contributed by atoms with van der Waals surface area (Å²) in [6.45, 7) is 2.39. The summed E-state index contributed by atoms with van der Waals surface area (Å²) in [7, 11) is 0. The lowest BCUT2D eigenvalue weighted by atomic mass is 9.84. The molecule has 57 heavy (non-hydrogen) atoms. The molecule has 2 aromatic heterocycles. The normalized spacial score (nSPS) is 14.3. The standard InChI is InChI=1S/C55H36S2/c1-33-27-29-41(55-51(33)49-26-12-21-38(54(49)57-55)34-13-3-2-4-14-34)36-16-9-15-35(31-36)39-22-10-24-47-48-25-11-23-40(53(48)56-52(39)47)37-28-30-46-44-19-6-5-17-42(44)43-18-7-8-20-45(43)50(46)32-37/h2-26,28-33H,27H2,1H3. The van der Waals surface area contributed by atoms with Crippen LogP contribution >= 0.6 is 22.7 Å². The van der Waals surface area contributed by atoms with Crippen LogP contribution in [0.25, 0.3) is 102 Å². The fourth-order valence-electron chi connectivity index (χ4n) is 9.63. The van der Waals surface area contributed by atoms with E-state index in [-0.39, 0.29) is 0 Å². The fourth-order valence-corrected chi connectivity index (χ4v) is 12.5. The Kier molecular flexibility index (Phi) is 7.42. The third kappa shape index (κ3) is 5.04. The largest absolute Gasteiger partial charge is 0.134 e. The molecule has 2 heteroatoms. The second kappa shape index (κ2) is 12.9. The summed E-state index contributed by atoms with van der Waals surface area (Å²) < 4.78 is 4.08. The van der Waals surface area contributed by atoms with Gasteiger partial charge < -0.3 is 0 Å². The molecule has 1 unspecified atom stereocenters. The van der Waals surface area contributed by atoms with E-state index in [4.69, 9.17) is 0 Å². The van der Waals surface area contributed by atoms with Gasteiger partial charge in [0.15, 0.2) is 0 Å². The van der Waals surface area contributed by atoms with Gasteiger partial charge in [-0.25, -0.2) is 0 Å². The lowest BCUT2D eigenvalue weighted by Gasteiger charge is -2.20. The highest BCUT2D eigenvalue weighted by atomic mass is 32.1. The average molecular weight is 761 g/mol. The van der Waals surface area contributed by atoms with E-state index in [1.165, 1.54) is 118 Å². The van der Waals surface area contributed by atoms with Crippen LogP contribution in [0.1, 0.15) is 35.3 Å². The summed E-state index contributed by atoms with van der Waals surface area (Å²) in [5.41, 5.74) is 11.9. The molecule has 0 aliphatic heterocycles. The maximum Gasteiger partial charge on any atom is 0.0434 e. The van der Waals surface area contributed by atoms with E-state index in [1.54, 1.807) is 0 Å². The Morgan fingerprint density at radius 1 is 0.368 bits per heavy atom. The van der Waals surface area contributed by atoms with Crippen LogP contribution in [0.2, 0.25) is 0 Å². The highest BCUT2D eigenvalue weighted by Gasteiger charge is 2.26. The Bertz CT molecular complexity index is 3410. The lowest BCUT2D eigenvalue weighted by Crippen LogP contribution is -2.02. The van der Waals surface area contributed by atoms with Gasteiger partial charge in [0, 0.05) is 29.7 Å². The van der Waals surface area contributed by atoms with E-state index in [2.05, 4.69) is 189 Å². The highest BCUT2D eigenvalue weighted by Crippen LogP contribution is 2.50. The molecule has 0 spiro atoms. The van der Waals surface area contributed by atoms with E-state index < -0.39 is 0 Å². The van der Waals surface area contributed by atoms with Crippen molar-refractivity contribution in [1.82, 2.24) is 0 Å². The molecule has 0 amide bonds. The van der Waals surface area contributed by atoms with Crippen LogP contribution in [0.3, 0.4) is 0 Å². The molecule has 0 radical (unpaired) electrons. The van der Waals surface area contributed by atoms with Gasteiger partial charge in [0.1, 0.15) is 0 Å². The highest BCUT2D eigenvalue weighted by molar-refractivity contribution is 7.27. The van der Waals surface area contributed by atoms with Gasteiger partial charge in [-0.3, -0.25) is 0 Å². The number of hydrogen-bond donors (Lipinski definition) is 0. The predicted octanol–water partition coefficient (Wildman–Crippen LogP) is 16.7. The number of fused-ring (bicyclic) bond motifs is 12. The number of allylic oxidation sites excluding steroid dienone is 1. The zero-order valence-electron chi connectivity index (χ0n) is 31.4. The second-order valence-electron chi connectivity index (χ2n) is 15.5. The number of thiophene rings is 2. The molecule has 2 heterocycles. The fraction of sp³-hybridized carbons (Fsp3) is 0.0545. The second-order valence-corrected chi connectivity index (χ2v) is 17.6. The number of hydrogen-bond acceptors (Lipinski definition) is 2. The van der Waals surface area contributed by atoms with Gasteiger partial charge >= 0.3 is 0 Å². The first-order valence-electron chi connectivity index (χ1n) is 19.9. The number of rotatable bonds is 4. The summed E-state index contributed by atoms with van der Waals surface area (Å²) in [5, 5.41) is 11.9. The van der Waals surface area contributed by atoms with Crippen molar-refractivity contribution in [3.63, 3.8) is 0 Å². The van der Waals surface area contributed by atoms with E-state index in [0.29, 0.717) is 5.92 Å². The number of benzene rings is 9. The SMILES string of the molecule is CC1CC=C(c2cccc(-c3cccc4c3sc3c(-c5ccc6c7ccccc7c7ccccc7c6c5)cccc34)c2)c2sc3c(-c4ccccc4)cccc3c21. The molecule has 1 atom stereocenters. The molecular formula is C55H36S2. The third-order valence-electron chi connectivity index (χ3n) is 12.3. The van der Waals surface area contributed by atoms with Crippen molar-refractivity contribution in [2.24, 2.45) is 0 Å². The van der Waals surface area contributed by atoms with Crippen LogP contribution in [-0.4, -0.2) is 0 Å². The van der Waals surface area contributed by atoms with Crippen molar-refractivity contribution in [2.45, 2.75) is 19.3 Å². The molecule has 12 rings (SSSR count). The average Bonchev–Trinajstić information content (AvgIpc) is 3.87. The van der Waals surface area contributed by atoms with E-state index in [0.717, 1.165) is 6.42 Å². The van der Waals surface area contributed by atoms with Gasteiger partial charge in [0.05, 0.1) is 0 Å². The maximum atomic E-state index is 2.49. The summed E-state index contributed by atoms with van der Waals surface area (Å²) in [4.78, 5) is 1.42. The summed E-state index contributed by atoms with van der Waals surface area (Å²) >= 11 is 3.91. The Hall–Kier alpha value is -6.32. The van der Waals surface area contributed by atoms with Gasteiger partial charge in [-0.15, -0.1) is 22.7 Å². The smallest absolute Gasteiger partial charge is 0.0434 e. The van der Waals surface area contributed by atoms with Crippen molar-refractivity contribution in [1.29, 1.82) is 0 Å². The van der Waals surface area contributed by atoms with Crippen molar-refractivity contribution in [2.75, 3.05) is 0 Å². The Labute approximate surface area is 339 Å². The topological polar surface area (TPSA) is 0 Å². The van der Waals surface area contributed by atoms with Gasteiger partial charge in [-0.2, -0.15) is 0 Å². The van der Waals surface area contributed by atoms with Crippen LogP contribution in [-0.2, 0) is 0 Å². The van der Waals surface area contributed by atoms with Crippen LogP contribution in [0, 0.1) is 0 Å². The molecule has 1 aliphatic rings. The first kappa shape index (κ1) is 32.9. The summed E-state index contributed by atoms with van der Waals surface area (Å²) in [5.74, 6) is 0.480. The molecular weight excluding hydrogens is 725 g/mol. The Morgan fingerprint density at radius 3 is 1.51 bits per heavy atom. The van der Waals surface area contributed by atoms with Gasteiger partial charge in [0.25, 0.3) is 0 Å². The minimum Gasteiger partial charge on any atom is -0.134 e. The summed E-state index contributed by atoms with van der Waals surface area (Å²) in [6, 6.07) is 65.6. The zero-order chi connectivity index (χ0) is 37.6.